The first-order valence-electron chi connectivity index (χ1n) is 7.68. The molecular formula is C17H22FNO3S. The Morgan fingerprint density at radius 3 is 2.65 bits per heavy atom. The molecule has 1 aromatic carbocycles. The molecular weight excluding hydrogens is 317 g/mol. The van der Waals surface area contributed by atoms with Gasteiger partial charge in [0.2, 0.25) is 5.91 Å². The van der Waals surface area contributed by atoms with Gasteiger partial charge in [0.05, 0.1) is 5.25 Å². The summed E-state index contributed by atoms with van der Waals surface area (Å²) in [5.41, 5.74) is 0.593. The van der Waals surface area contributed by atoms with E-state index in [9.17, 15) is 17.6 Å². The van der Waals surface area contributed by atoms with Crippen molar-refractivity contribution in [2.24, 2.45) is 0 Å². The maximum absolute atomic E-state index is 13.1. The number of hydrogen-bond donors (Lipinski definition) is 0. The van der Waals surface area contributed by atoms with Crippen LogP contribution < -0.4 is 0 Å². The third-order valence-corrected chi connectivity index (χ3v) is 5.98. The van der Waals surface area contributed by atoms with Crippen molar-refractivity contribution in [1.82, 2.24) is 4.90 Å². The SMILES string of the molecule is CN(C(=O)/C=C/c1cccc(F)c1)C1CCCCC1S(C)(=O)=O. The molecule has 1 aromatic rings. The third kappa shape index (κ3) is 4.64. The largest absolute Gasteiger partial charge is 0.338 e. The molecule has 23 heavy (non-hydrogen) atoms. The molecule has 0 N–H and O–H groups in total. The second-order valence-electron chi connectivity index (χ2n) is 6.06. The first-order chi connectivity index (χ1) is 10.8. The summed E-state index contributed by atoms with van der Waals surface area (Å²) in [5.74, 6) is -0.632. The number of hydrogen-bond acceptors (Lipinski definition) is 3. The van der Waals surface area contributed by atoms with Crippen LogP contribution in [0.3, 0.4) is 0 Å². The predicted molar refractivity (Wildman–Crippen MR) is 89.1 cm³/mol. The fourth-order valence-corrected chi connectivity index (χ4v) is 4.56. The predicted octanol–water partition coefficient (Wildman–Crippen LogP) is 2.65. The fraction of sp³-hybridized carbons (Fsp3) is 0.471. The highest BCUT2D eigenvalue weighted by Crippen LogP contribution is 2.27. The van der Waals surface area contributed by atoms with Gasteiger partial charge in [-0.05, 0) is 36.6 Å². The van der Waals surface area contributed by atoms with E-state index < -0.39 is 15.1 Å². The van der Waals surface area contributed by atoms with Crippen molar-refractivity contribution in [2.45, 2.75) is 37.0 Å². The maximum atomic E-state index is 13.1. The van der Waals surface area contributed by atoms with E-state index in [1.807, 2.05) is 0 Å². The van der Waals surface area contributed by atoms with E-state index in [0.717, 1.165) is 12.8 Å². The Labute approximate surface area is 136 Å². The number of nitrogens with zero attached hydrogens (tertiary/aromatic N) is 1. The molecule has 0 heterocycles. The third-order valence-electron chi connectivity index (χ3n) is 4.33. The Balaban J connectivity index is 2.11. The number of sulfone groups is 1. The van der Waals surface area contributed by atoms with Gasteiger partial charge in [-0.15, -0.1) is 0 Å². The topological polar surface area (TPSA) is 54.5 Å². The molecule has 1 aliphatic carbocycles. The van der Waals surface area contributed by atoms with E-state index in [1.54, 1.807) is 25.3 Å². The molecule has 126 valence electrons. The molecule has 2 unspecified atom stereocenters. The minimum Gasteiger partial charge on any atom is -0.338 e. The molecule has 1 aliphatic rings. The van der Waals surface area contributed by atoms with Crippen molar-refractivity contribution >= 4 is 21.8 Å². The zero-order valence-corrected chi connectivity index (χ0v) is 14.2. The Hall–Kier alpha value is -1.69. The van der Waals surface area contributed by atoms with E-state index in [2.05, 4.69) is 0 Å². The second kappa shape index (κ2) is 7.25. The Bertz CT molecular complexity index is 700. The zero-order chi connectivity index (χ0) is 17.0. The van der Waals surface area contributed by atoms with Crippen molar-refractivity contribution in [3.05, 3.63) is 41.7 Å². The molecule has 2 atom stereocenters. The summed E-state index contributed by atoms with van der Waals surface area (Å²) in [4.78, 5) is 13.8. The van der Waals surface area contributed by atoms with Crippen molar-refractivity contribution in [3.8, 4) is 0 Å². The van der Waals surface area contributed by atoms with Crippen LogP contribution in [0.4, 0.5) is 4.39 Å². The lowest BCUT2D eigenvalue weighted by Crippen LogP contribution is -2.48. The first-order valence-corrected chi connectivity index (χ1v) is 9.64. The van der Waals surface area contributed by atoms with Crippen molar-refractivity contribution in [1.29, 1.82) is 0 Å². The van der Waals surface area contributed by atoms with Crippen LogP contribution in [0.5, 0.6) is 0 Å². The maximum Gasteiger partial charge on any atom is 0.246 e. The van der Waals surface area contributed by atoms with Crippen LogP contribution in [0.25, 0.3) is 6.08 Å². The van der Waals surface area contributed by atoms with Crippen molar-refractivity contribution in [3.63, 3.8) is 0 Å². The van der Waals surface area contributed by atoms with Crippen LogP contribution in [0.15, 0.2) is 30.3 Å². The molecule has 0 saturated heterocycles. The van der Waals surface area contributed by atoms with Gasteiger partial charge in [0, 0.05) is 25.4 Å². The molecule has 1 fully saturated rings. The van der Waals surface area contributed by atoms with E-state index >= 15 is 0 Å². The van der Waals surface area contributed by atoms with Crippen LogP contribution in [-0.2, 0) is 14.6 Å². The number of halogens is 1. The highest BCUT2D eigenvalue weighted by atomic mass is 32.2. The lowest BCUT2D eigenvalue weighted by atomic mass is 9.93. The number of rotatable bonds is 4. The van der Waals surface area contributed by atoms with Gasteiger partial charge in [-0.25, -0.2) is 12.8 Å². The molecule has 2 rings (SSSR count). The van der Waals surface area contributed by atoms with Gasteiger partial charge >= 0.3 is 0 Å². The summed E-state index contributed by atoms with van der Waals surface area (Å²) in [7, 11) is -1.56. The van der Waals surface area contributed by atoms with E-state index in [-0.39, 0.29) is 17.8 Å². The second-order valence-corrected chi connectivity index (χ2v) is 8.32. The van der Waals surface area contributed by atoms with E-state index in [0.29, 0.717) is 18.4 Å². The van der Waals surface area contributed by atoms with Crippen LogP contribution in [-0.4, -0.2) is 43.8 Å². The van der Waals surface area contributed by atoms with Crippen LogP contribution >= 0.6 is 0 Å². The number of carbonyl (C=O) groups excluding carboxylic acids is 1. The highest BCUT2D eigenvalue weighted by Gasteiger charge is 2.36. The standard InChI is InChI=1S/C17H22FNO3S/c1-19(15-8-3-4-9-16(15)23(2,21)22)17(20)11-10-13-6-5-7-14(18)12-13/h5-7,10-12,15-16H,3-4,8-9H2,1-2H3/b11-10+. The molecule has 4 nitrogen and oxygen atoms in total. The van der Waals surface area contributed by atoms with Gasteiger partial charge in [0.25, 0.3) is 0 Å². The summed E-state index contributed by atoms with van der Waals surface area (Å²) < 4.78 is 37.0. The lowest BCUT2D eigenvalue weighted by molar-refractivity contribution is -0.127. The average Bonchev–Trinajstić information content (AvgIpc) is 2.51. The zero-order valence-electron chi connectivity index (χ0n) is 13.4. The van der Waals surface area contributed by atoms with Gasteiger partial charge < -0.3 is 4.90 Å². The van der Waals surface area contributed by atoms with Gasteiger partial charge in [0.15, 0.2) is 9.84 Å². The number of benzene rings is 1. The van der Waals surface area contributed by atoms with Crippen LogP contribution in [0.2, 0.25) is 0 Å². The van der Waals surface area contributed by atoms with Crippen molar-refractivity contribution < 1.29 is 17.6 Å². The molecule has 0 aromatic heterocycles. The van der Waals surface area contributed by atoms with Crippen LogP contribution in [0.1, 0.15) is 31.2 Å². The highest BCUT2D eigenvalue weighted by molar-refractivity contribution is 7.91. The summed E-state index contributed by atoms with van der Waals surface area (Å²) in [5, 5.41) is -0.507. The minimum absolute atomic E-state index is 0.269. The average molecular weight is 339 g/mol. The molecule has 0 radical (unpaired) electrons. The van der Waals surface area contributed by atoms with Crippen LogP contribution in [0, 0.1) is 5.82 Å². The summed E-state index contributed by atoms with van der Waals surface area (Å²) >= 11 is 0. The molecule has 0 bridgehead atoms. The van der Waals surface area contributed by atoms with E-state index in [1.165, 1.54) is 29.4 Å². The lowest BCUT2D eigenvalue weighted by Gasteiger charge is -2.36. The minimum atomic E-state index is -3.19. The summed E-state index contributed by atoms with van der Waals surface area (Å²) in [6.45, 7) is 0. The fourth-order valence-electron chi connectivity index (χ4n) is 3.08. The normalized spacial score (nSPS) is 22.2. The Kier molecular flexibility index (Phi) is 5.57. The quantitative estimate of drug-likeness (QED) is 0.793. The van der Waals surface area contributed by atoms with E-state index in [4.69, 9.17) is 0 Å². The number of amides is 1. The van der Waals surface area contributed by atoms with Gasteiger partial charge in [-0.2, -0.15) is 0 Å². The summed E-state index contributed by atoms with van der Waals surface area (Å²) in [6.07, 6.45) is 7.21. The molecule has 0 spiro atoms. The molecule has 0 aliphatic heterocycles. The Morgan fingerprint density at radius 2 is 2.00 bits per heavy atom. The molecule has 1 amide bonds. The van der Waals surface area contributed by atoms with Gasteiger partial charge in [0.1, 0.15) is 5.82 Å². The number of likely N-dealkylation sites (N-methyl/N-ethyl adjacent to an activating group) is 1. The summed E-state index contributed by atoms with van der Waals surface area (Å²) in [6, 6.07) is 5.65. The monoisotopic (exact) mass is 339 g/mol. The number of carbonyl (C=O) groups is 1. The molecule has 6 heteroatoms. The van der Waals surface area contributed by atoms with Gasteiger partial charge in [-0.3, -0.25) is 4.79 Å². The first kappa shape index (κ1) is 17.7. The smallest absolute Gasteiger partial charge is 0.246 e. The van der Waals surface area contributed by atoms with Crippen molar-refractivity contribution in [2.75, 3.05) is 13.3 Å². The molecule has 1 saturated carbocycles. The van der Waals surface area contributed by atoms with Gasteiger partial charge in [-0.1, -0.05) is 25.0 Å². The Morgan fingerprint density at radius 1 is 1.30 bits per heavy atom.